The van der Waals surface area contributed by atoms with E-state index in [2.05, 4.69) is 0 Å². The SMILES string of the molecule is Cl.NCC1CCCN1C(=O)c1cccc(CN2C(=O)CSC2=O)c1. The Morgan fingerprint density at radius 3 is 2.79 bits per heavy atom. The van der Waals surface area contributed by atoms with Crippen molar-refractivity contribution >= 4 is 41.2 Å². The maximum absolute atomic E-state index is 12.7. The van der Waals surface area contributed by atoms with E-state index in [1.807, 2.05) is 11.0 Å². The van der Waals surface area contributed by atoms with E-state index in [9.17, 15) is 14.4 Å². The fraction of sp³-hybridized carbons (Fsp3) is 0.438. The smallest absolute Gasteiger partial charge is 0.289 e. The minimum Gasteiger partial charge on any atom is -0.334 e. The third-order valence-corrected chi connectivity index (χ3v) is 5.12. The zero-order chi connectivity index (χ0) is 16.4. The lowest BCUT2D eigenvalue weighted by atomic mass is 10.1. The van der Waals surface area contributed by atoms with Crippen molar-refractivity contribution in [1.82, 2.24) is 9.80 Å². The summed E-state index contributed by atoms with van der Waals surface area (Å²) in [5.74, 6) is -0.0172. The average molecular weight is 370 g/mol. The molecule has 24 heavy (non-hydrogen) atoms. The molecule has 2 saturated heterocycles. The highest BCUT2D eigenvalue weighted by Gasteiger charge is 2.31. The van der Waals surface area contributed by atoms with Crippen LogP contribution < -0.4 is 5.73 Å². The second kappa shape index (κ2) is 8.00. The van der Waals surface area contributed by atoms with Crippen LogP contribution in [0.1, 0.15) is 28.8 Å². The van der Waals surface area contributed by atoms with E-state index in [-0.39, 0.29) is 47.8 Å². The molecule has 0 saturated carbocycles. The van der Waals surface area contributed by atoms with Crippen LogP contribution in [0.3, 0.4) is 0 Å². The lowest BCUT2D eigenvalue weighted by Crippen LogP contribution is -2.40. The molecule has 130 valence electrons. The Labute approximate surface area is 151 Å². The summed E-state index contributed by atoms with van der Waals surface area (Å²) in [6.07, 6.45) is 1.91. The number of thioether (sulfide) groups is 1. The van der Waals surface area contributed by atoms with E-state index < -0.39 is 0 Å². The molecular weight excluding hydrogens is 350 g/mol. The van der Waals surface area contributed by atoms with E-state index in [1.165, 1.54) is 4.90 Å². The van der Waals surface area contributed by atoms with Gasteiger partial charge in [-0.2, -0.15) is 0 Å². The van der Waals surface area contributed by atoms with Crippen LogP contribution in [-0.4, -0.2) is 51.7 Å². The van der Waals surface area contributed by atoms with Crippen LogP contribution >= 0.6 is 24.2 Å². The summed E-state index contributed by atoms with van der Waals surface area (Å²) in [5, 5.41) is -0.227. The van der Waals surface area contributed by atoms with Gasteiger partial charge in [-0.05, 0) is 30.5 Å². The van der Waals surface area contributed by atoms with E-state index >= 15 is 0 Å². The third-order valence-electron chi connectivity index (χ3n) is 4.27. The molecule has 8 heteroatoms. The van der Waals surface area contributed by atoms with Gasteiger partial charge in [-0.15, -0.1) is 12.4 Å². The molecule has 2 N–H and O–H groups in total. The molecule has 2 fully saturated rings. The Kier molecular flexibility index (Phi) is 6.26. The predicted octanol–water partition coefficient (Wildman–Crippen LogP) is 1.87. The van der Waals surface area contributed by atoms with Crippen molar-refractivity contribution in [2.45, 2.75) is 25.4 Å². The quantitative estimate of drug-likeness (QED) is 0.875. The van der Waals surface area contributed by atoms with Gasteiger partial charge in [-0.1, -0.05) is 23.9 Å². The molecule has 1 aromatic carbocycles. The van der Waals surface area contributed by atoms with Gasteiger partial charge >= 0.3 is 0 Å². The average Bonchev–Trinajstić information content (AvgIpc) is 3.16. The van der Waals surface area contributed by atoms with Gasteiger partial charge in [-0.25, -0.2) is 0 Å². The van der Waals surface area contributed by atoms with Gasteiger partial charge in [-0.3, -0.25) is 19.3 Å². The number of nitrogens with two attached hydrogens (primary N) is 1. The van der Waals surface area contributed by atoms with Crippen LogP contribution in [-0.2, 0) is 11.3 Å². The number of carbonyl (C=O) groups excluding carboxylic acids is 3. The van der Waals surface area contributed by atoms with Gasteiger partial charge in [0.15, 0.2) is 0 Å². The molecule has 1 aromatic rings. The van der Waals surface area contributed by atoms with Gasteiger partial charge in [0.1, 0.15) is 0 Å². The van der Waals surface area contributed by atoms with E-state index in [1.54, 1.807) is 18.2 Å². The summed E-state index contributed by atoms with van der Waals surface area (Å²) < 4.78 is 0. The molecule has 6 nitrogen and oxygen atoms in total. The molecule has 1 atom stereocenters. The van der Waals surface area contributed by atoms with Crippen molar-refractivity contribution in [2.75, 3.05) is 18.8 Å². The maximum Gasteiger partial charge on any atom is 0.289 e. The Morgan fingerprint density at radius 1 is 1.33 bits per heavy atom. The Balaban J connectivity index is 0.00000208. The van der Waals surface area contributed by atoms with E-state index in [4.69, 9.17) is 5.73 Å². The molecule has 2 aliphatic rings. The van der Waals surface area contributed by atoms with E-state index in [0.717, 1.165) is 36.7 Å². The van der Waals surface area contributed by atoms with Crippen LogP contribution in [0, 0.1) is 0 Å². The largest absolute Gasteiger partial charge is 0.334 e. The second-order valence-electron chi connectivity index (χ2n) is 5.77. The maximum atomic E-state index is 12.7. The van der Waals surface area contributed by atoms with Gasteiger partial charge in [0, 0.05) is 24.7 Å². The topological polar surface area (TPSA) is 83.7 Å². The minimum absolute atomic E-state index is 0. The van der Waals surface area contributed by atoms with Gasteiger partial charge < -0.3 is 10.6 Å². The van der Waals surface area contributed by atoms with Crippen molar-refractivity contribution in [3.05, 3.63) is 35.4 Å². The highest BCUT2D eigenvalue weighted by atomic mass is 35.5. The molecule has 2 aliphatic heterocycles. The summed E-state index contributed by atoms with van der Waals surface area (Å²) in [5.41, 5.74) is 7.09. The fourth-order valence-corrected chi connectivity index (χ4v) is 3.76. The molecule has 1 unspecified atom stereocenters. The lowest BCUT2D eigenvalue weighted by Gasteiger charge is -2.24. The predicted molar refractivity (Wildman–Crippen MR) is 95.2 cm³/mol. The molecule has 0 radical (unpaired) electrons. The first-order chi connectivity index (χ1) is 11.1. The number of halogens is 1. The highest BCUT2D eigenvalue weighted by Crippen LogP contribution is 2.23. The summed E-state index contributed by atoms with van der Waals surface area (Å²) in [7, 11) is 0. The molecular formula is C16H20ClN3O3S. The molecule has 3 rings (SSSR count). The number of amides is 3. The second-order valence-corrected chi connectivity index (χ2v) is 6.69. The number of rotatable bonds is 4. The number of nitrogens with zero attached hydrogens (tertiary/aromatic N) is 2. The van der Waals surface area contributed by atoms with Gasteiger partial charge in [0.2, 0.25) is 5.91 Å². The number of benzene rings is 1. The normalized spacial score (nSPS) is 20.5. The van der Waals surface area contributed by atoms with Crippen molar-refractivity contribution < 1.29 is 14.4 Å². The lowest BCUT2D eigenvalue weighted by molar-refractivity contribution is -0.125. The molecule has 3 amide bonds. The first-order valence-corrected chi connectivity index (χ1v) is 8.66. The molecule has 2 heterocycles. The van der Waals surface area contributed by atoms with Crippen molar-refractivity contribution in [3.8, 4) is 0 Å². The molecule has 0 spiro atoms. The van der Waals surface area contributed by atoms with Gasteiger partial charge in [0.25, 0.3) is 11.1 Å². The van der Waals surface area contributed by atoms with Crippen LogP contribution in [0.2, 0.25) is 0 Å². The van der Waals surface area contributed by atoms with Crippen LogP contribution in [0.4, 0.5) is 4.79 Å². The number of likely N-dealkylation sites (tertiary alicyclic amines) is 1. The van der Waals surface area contributed by atoms with Crippen molar-refractivity contribution in [1.29, 1.82) is 0 Å². The first kappa shape index (κ1) is 18.8. The number of carbonyl (C=O) groups is 3. The fourth-order valence-electron chi connectivity index (χ4n) is 3.03. The zero-order valence-corrected chi connectivity index (χ0v) is 14.8. The monoisotopic (exact) mass is 369 g/mol. The van der Waals surface area contributed by atoms with Gasteiger partial charge in [0.05, 0.1) is 12.3 Å². The number of hydrogen-bond donors (Lipinski definition) is 1. The van der Waals surface area contributed by atoms with Crippen LogP contribution in [0.25, 0.3) is 0 Å². The van der Waals surface area contributed by atoms with Crippen LogP contribution in [0.15, 0.2) is 24.3 Å². The zero-order valence-electron chi connectivity index (χ0n) is 13.1. The number of hydrogen-bond acceptors (Lipinski definition) is 5. The van der Waals surface area contributed by atoms with Crippen molar-refractivity contribution in [2.24, 2.45) is 5.73 Å². The molecule has 0 bridgehead atoms. The summed E-state index contributed by atoms with van der Waals surface area (Å²) >= 11 is 1.02. The number of imide groups is 1. The minimum atomic E-state index is -0.227. The Hall–Kier alpha value is -1.57. The summed E-state index contributed by atoms with van der Waals surface area (Å²) in [4.78, 5) is 39.1. The Bertz CT molecular complexity index is 639. The van der Waals surface area contributed by atoms with Crippen molar-refractivity contribution in [3.63, 3.8) is 0 Å². The highest BCUT2D eigenvalue weighted by molar-refractivity contribution is 8.14. The van der Waals surface area contributed by atoms with Crippen LogP contribution in [0.5, 0.6) is 0 Å². The molecule has 0 aromatic heterocycles. The standard InChI is InChI=1S/C16H19N3O3S.ClH/c17-8-13-5-2-6-18(13)15(21)12-4-1-3-11(7-12)9-19-14(20)10-23-16(19)22;/h1,3-4,7,13H,2,5-6,8-10,17H2;1H. The Morgan fingerprint density at radius 2 is 2.12 bits per heavy atom. The summed E-state index contributed by atoms with van der Waals surface area (Å²) in [6, 6.07) is 7.24. The first-order valence-electron chi connectivity index (χ1n) is 7.67. The third kappa shape index (κ3) is 3.74. The summed E-state index contributed by atoms with van der Waals surface area (Å²) in [6.45, 7) is 1.41. The van der Waals surface area contributed by atoms with E-state index in [0.29, 0.717) is 12.1 Å². The molecule has 0 aliphatic carbocycles.